The van der Waals surface area contributed by atoms with Gasteiger partial charge in [0.05, 0.1) is 12.4 Å². The topological polar surface area (TPSA) is 122 Å². The lowest BCUT2D eigenvalue weighted by molar-refractivity contribution is -0.150. The number of nitrogens with one attached hydrogen (secondary N) is 1. The van der Waals surface area contributed by atoms with Gasteiger partial charge >= 0.3 is 5.97 Å². The number of rotatable bonds is 10. The lowest BCUT2D eigenvalue weighted by atomic mass is 9.98. The first-order chi connectivity index (χ1) is 18.9. The van der Waals surface area contributed by atoms with Gasteiger partial charge in [-0.1, -0.05) is 29.9 Å². The second-order valence-corrected chi connectivity index (χ2v) is 10.9. The van der Waals surface area contributed by atoms with E-state index in [1.165, 1.54) is 28.4 Å². The van der Waals surface area contributed by atoms with Crippen LogP contribution in [0.2, 0.25) is 0 Å². The Bertz CT molecular complexity index is 1450. The molecule has 2 aromatic carbocycles. The van der Waals surface area contributed by atoms with E-state index in [1.54, 1.807) is 6.07 Å². The number of fused-ring (bicyclic) bond motifs is 1. The summed E-state index contributed by atoms with van der Waals surface area (Å²) in [5.41, 5.74) is 1.91. The maximum Gasteiger partial charge on any atom is 0.352 e. The zero-order valence-corrected chi connectivity index (χ0v) is 22.6. The number of thioether (sulfide) groups is 2. The molecule has 2 aliphatic heterocycles. The van der Waals surface area contributed by atoms with Gasteiger partial charge in [0.25, 0.3) is 5.91 Å². The SMILES string of the molecule is C=C(C1=C(C(=O)O)N2C(=O)[C@@H](NC(=O)CSc3ccccc3)[C@H]2SC1)c1cc(-c2ccc(OCC)cc2)no1. The molecule has 2 atom stereocenters. The number of carbonyl (C=O) groups excluding carboxylic acids is 2. The molecule has 1 fully saturated rings. The number of allylic oxidation sites excluding steroid dienone is 1. The molecule has 0 unspecified atom stereocenters. The number of carboxylic acid groups (broad SMARTS) is 1. The first-order valence-corrected chi connectivity index (χ1v) is 14.2. The van der Waals surface area contributed by atoms with Crippen molar-refractivity contribution in [1.82, 2.24) is 15.4 Å². The van der Waals surface area contributed by atoms with Crippen molar-refractivity contribution in [1.29, 1.82) is 0 Å². The van der Waals surface area contributed by atoms with E-state index in [-0.39, 0.29) is 23.1 Å². The molecule has 0 spiro atoms. The Balaban J connectivity index is 1.29. The van der Waals surface area contributed by atoms with E-state index in [1.807, 2.05) is 61.5 Å². The average Bonchev–Trinajstić information content (AvgIpc) is 3.45. The summed E-state index contributed by atoms with van der Waals surface area (Å²) in [4.78, 5) is 40.0. The second kappa shape index (κ2) is 11.4. The number of nitrogens with zero attached hydrogens (tertiary/aromatic N) is 2. The van der Waals surface area contributed by atoms with E-state index in [0.29, 0.717) is 29.2 Å². The van der Waals surface area contributed by atoms with Crippen molar-refractivity contribution in [2.24, 2.45) is 0 Å². The first-order valence-electron chi connectivity index (χ1n) is 12.1. The van der Waals surface area contributed by atoms with Crippen LogP contribution < -0.4 is 10.1 Å². The zero-order chi connectivity index (χ0) is 27.5. The number of β-lactam (4-membered cyclic amide) rings is 1. The van der Waals surface area contributed by atoms with Gasteiger partial charge in [0, 0.05) is 33.4 Å². The summed E-state index contributed by atoms with van der Waals surface area (Å²) in [5, 5.41) is 16.4. The number of carbonyl (C=O) groups is 3. The molecule has 0 aliphatic carbocycles. The van der Waals surface area contributed by atoms with Crippen LogP contribution >= 0.6 is 23.5 Å². The third kappa shape index (κ3) is 5.45. The van der Waals surface area contributed by atoms with Crippen LogP contribution in [0.15, 0.2) is 87.9 Å². The molecule has 2 aliphatic rings. The van der Waals surface area contributed by atoms with E-state index >= 15 is 0 Å². The minimum absolute atomic E-state index is 0.150. The smallest absolute Gasteiger partial charge is 0.352 e. The van der Waals surface area contributed by atoms with Gasteiger partial charge < -0.3 is 19.7 Å². The van der Waals surface area contributed by atoms with E-state index < -0.39 is 23.3 Å². The van der Waals surface area contributed by atoms with Gasteiger partial charge in [-0.2, -0.15) is 0 Å². The Labute approximate surface area is 233 Å². The summed E-state index contributed by atoms with van der Waals surface area (Å²) in [6.45, 7) is 6.53. The molecular weight excluding hydrogens is 538 g/mol. The van der Waals surface area contributed by atoms with Crippen LogP contribution in [0.1, 0.15) is 12.7 Å². The molecule has 0 radical (unpaired) electrons. The molecule has 11 heteroatoms. The van der Waals surface area contributed by atoms with Crippen LogP contribution in [0.5, 0.6) is 5.75 Å². The van der Waals surface area contributed by atoms with E-state index in [9.17, 15) is 19.5 Å². The summed E-state index contributed by atoms with van der Waals surface area (Å²) in [7, 11) is 0. The molecule has 0 saturated carbocycles. The Morgan fingerprint density at radius 3 is 2.67 bits per heavy atom. The van der Waals surface area contributed by atoms with E-state index in [2.05, 4.69) is 17.1 Å². The van der Waals surface area contributed by atoms with Gasteiger partial charge in [-0.25, -0.2) is 4.79 Å². The van der Waals surface area contributed by atoms with Crippen LogP contribution in [0.4, 0.5) is 0 Å². The molecule has 39 heavy (non-hydrogen) atoms. The molecule has 1 saturated heterocycles. The largest absolute Gasteiger partial charge is 0.494 e. The number of hydrogen-bond donors (Lipinski definition) is 2. The molecule has 2 amide bonds. The molecule has 200 valence electrons. The standard InChI is InChI=1S/C28H25N3O6S2/c1-3-36-18-11-9-17(10-12-18)21-13-22(37-30-21)16(2)20-14-39-27-24(26(33)31(27)25(20)28(34)35)29-23(32)15-38-19-7-5-4-6-8-19/h4-13,24,27H,2-3,14-15H2,1H3,(H,29,32)(H,34,35)/t24-,27-/m1/s1. The third-order valence-electron chi connectivity index (χ3n) is 6.23. The minimum atomic E-state index is -1.25. The Hall–Kier alpha value is -3.96. The van der Waals surface area contributed by atoms with Crippen molar-refractivity contribution in [3.05, 3.63) is 84.3 Å². The molecule has 5 rings (SSSR count). The Kier molecular flexibility index (Phi) is 7.80. The maximum absolute atomic E-state index is 13.0. The number of carboxylic acids is 1. The number of aromatic nitrogens is 1. The van der Waals surface area contributed by atoms with Crippen LogP contribution in [-0.4, -0.2) is 62.5 Å². The monoisotopic (exact) mass is 563 g/mol. The first kappa shape index (κ1) is 26.6. The lowest BCUT2D eigenvalue weighted by Crippen LogP contribution is -2.70. The van der Waals surface area contributed by atoms with Crippen molar-refractivity contribution in [3.8, 4) is 17.0 Å². The van der Waals surface area contributed by atoms with Crippen LogP contribution in [0.25, 0.3) is 16.8 Å². The highest BCUT2D eigenvalue weighted by Crippen LogP contribution is 2.44. The fourth-order valence-corrected chi connectivity index (χ4v) is 6.44. The summed E-state index contributed by atoms with van der Waals surface area (Å²) in [6.07, 6.45) is 0. The van der Waals surface area contributed by atoms with Crippen molar-refractivity contribution in [3.63, 3.8) is 0 Å². The van der Waals surface area contributed by atoms with Gasteiger partial charge in [0.15, 0.2) is 5.76 Å². The Morgan fingerprint density at radius 2 is 1.97 bits per heavy atom. The zero-order valence-electron chi connectivity index (χ0n) is 21.0. The molecule has 2 N–H and O–H groups in total. The molecular formula is C28H25N3O6S2. The predicted molar refractivity (Wildman–Crippen MR) is 149 cm³/mol. The van der Waals surface area contributed by atoms with Crippen LogP contribution in [-0.2, 0) is 14.4 Å². The number of benzene rings is 2. The van der Waals surface area contributed by atoms with Crippen LogP contribution in [0, 0.1) is 0 Å². The van der Waals surface area contributed by atoms with Gasteiger partial charge in [0.1, 0.15) is 28.6 Å². The number of hydrogen-bond acceptors (Lipinski definition) is 8. The Morgan fingerprint density at radius 1 is 1.23 bits per heavy atom. The van der Waals surface area contributed by atoms with Crippen molar-refractivity contribution >= 4 is 46.9 Å². The highest BCUT2D eigenvalue weighted by molar-refractivity contribution is 8.00. The van der Waals surface area contributed by atoms with Gasteiger partial charge in [0.2, 0.25) is 5.91 Å². The highest BCUT2D eigenvalue weighted by Gasteiger charge is 2.54. The third-order valence-corrected chi connectivity index (χ3v) is 8.53. The molecule has 9 nitrogen and oxygen atoms in total. The van der Waals surface area contributed by atoms with Gasteiger partial charge in [-0.15, -0.1) is 23.5 Å². The van der Waals surface area contributed by atoms with Gasteiger partial charge in [-0.05, 0) is 43.3 Å². The molecule has 3 aromatic rings. The molecule has 1 aromatic heterocycles. The minimum Gasteiger partial charge on any atom is -0.494 e. The van der Waals surface area contributed by atoms with Gasteiger partial charge in [-0.3, -0.25) is 14.5 Å². The average molecular weight is 564 g/mol. The number of aliphatic carboxylic acids is 1. The fourth-order valence-electron chi connectivity index (χ4n) is 4.32. The predicted octanol–water partition coefficient (Wildman–Crippen LogP) is 4.28. The maximum atomic E-state index is 13.0. The van der Waals surface area contributed by atoms with Crippen LogP contribution in [0.3, 0.4) is 0 Å². The normalized spacial score (nSPS) is 18.3. The van der Waals surface area contributed by atoms with Crippen molar-refractivity contribution in [2.75, 3.05) is 18.1 Å². The lowest BCUT2D eigenvalue weighted by Gasteiger charge is -2.49. The quantitative estimate of drug-likeness (QED) is 0.275. The summed E-state index contributed by atoms with van der Waals surface area (Å²) >= 11 is 2.73. The molecule has 3 heterocycles. The summed E-state index contributed by atoms with van der Waals surface area (Å²) in [6, 6.07) is 17.7. The van der Waals surface area contributed by atoms with Crippen molar-refractivity contribution in [2.45, 2.75) is 23.2 Å². The highest BCUT2D eigenvalue weighted by atomic mass is 32.2. The second-order valence-electron chi connectivity index (χ2n) is 8.70. The van der Waals surface area contributed by atoms with Crippen molar-refractivity contribution < 1.29 is 28.8 Å². The summed E-state index contributed by atoms with van der Waals surface area (Å²) < 4.78 is 11.0. The number of ether oxygens (including phenoxy) is 1. The fraction of sp³-hybridized carbons (Fsp3) is 0.214. The van der Waals surface area contributed by atoms with E-state index in [0.717, 1.165) is 16.2 Å². The summed E-state index contributed by atoms with van der Waals surface area (Å²) in [5.74, 6) is -0.538. The molecule has 0 bridgehead atoms. The van der Waals surface area contributed by atoms with E-state index in [4.69, 9.17) is 9.26 Å². The number of amides is 2.